The summed E-state index contributed by atoms with van der Waals surface area (Å²) in [5.41, 5.74) is 0.628. The zero-order valence-electron chi connectivity index (χ0n) is 14.8. The molecule has 6 heteroatoms. The second-order valence-electron chi connectivity index (χ2n) is 6.67. The maximum absolute atomic E-state index is 12.6. The molecule has 2 amide bonds. The summed E-state index contributed by atoms with van der Waals surface area (Å²) in [6.45, 7) is 7.37. The molecule has 24 heavy (non-hydrogen) atoms. The van der Waals surface area contributed by atoms with Gasteiger partial charge in [-0.05, 0) is 44.2 Å². The highest BCUT2D eigenvalue weighted by Crippen LogP contribution is 2.16. The molecule has 1 fully saturated rings. The molecule has 0 unspecified atom stereocenters. The van der Waals surface area contributed by atoms with E-state index in [0.29, 0.717) is 18.0 Å². The summed E-state index contributed by atoms with van der Waals surface area (Å²) in [7, 11) is 0. The minimum absolute atomic E-state index is 0.0227. The first-order valence-corrected chi connectivity index (χ1v) is 8.70. The van der Waals surface area contributed by atoms with E-state index in [1.165, 1.54) is 4.57 Å². The lowest BCUT2D eigenvalue weighted by atomic mass is 10.0. The number of aromatic nitrogens is 1. The zero-order valence-corrected chi connectivity index (χ0v) is 14.8. The number of amides is 2. The van der Waals surface area contributed by atoms with Crippen molar-refractivity contribution in [3.63, 3.8) is 0 Å². The van der Waals surface area contributed by atoms with Gasteiger partial charge in [0.2, 0.25) is 11.8 Å². The average Bonchev–Trinajstić information content (AvgIpc) is 2.54. The molecule has 1 N–H and O–H groups in total. The van der Waals surface area contributed by atoms with Gasteiger partial charge in [0, 0.05) is 25.2 Å². The van der Waals surface area contributed by atoms with Crippen LogP contribution in [0.3, 0.4) is 0 Å². The number of aryl methyl sites for hydroxylation is 1. The number of pyridine rings is 1. The molecule has 2 heterocycles. The van der Waals surface area contributed by atoms with E-state index in [9.17, 15) is 14.4 Å². The van der Waals surface area contributed by atoms with Crippen LogP contribution in [0.2, 0.25) is 0 Å². The van der Waals surface area contributed by atoms with Gasteiger partial charge in [0.1, 0.15) is 12.2 Å². The molecule has 1 saturated heterocycles. The van der Waals surface area contributed by atoms with E-state index in [0.717, 1.165) is 32.4 Å². The number of likely N-dealkylation sites (tertiary alicyclic amines) is 1. The van der Waals surface area contributed by atoms with Gasteiger partial charge in [-0.15, -0.1) is 0 Å². The lowest BCUT2D eigenvalue weighted by Crippen LogP contribution is -2.42. The van der Waals surface area contributed by atoms with Crippen LogP contribution in [0.15, 0.2) is 16.9 Å². The van der Waals surface area contributed by atoms with Crippen LogP contribution >= 0.6 is 0 Å². The van der Waals surface area contributed by atoms with Gasteiger partial charge in [-0.1, -0.05) is 13.8 Å². The van der Waals surface area contributed by atoms with Crippen LogP contribution in [0.4, 0.5) is 5.69 Å². The predicted octanol–water partition coefficient (Wildman–Crippen LogP) is 2.15. The number of carbonyl (C=O) groups is 2. The molecule has 1 aliphatic rings. The Labute approximate surface area is 142 Å². The Morgan fingerprint density at radius 3 is 2.75 bits per heavy atom. The fourth-order valence-electron chi connectivity index (χ4n) is 3.05. The van der Waals surface area contributed by atoms with E-state index in [1.54, 1.807) is 19.1 Å². The lowest BCUT2D eigenvalue weighted by Gasteiger charge is -2.31. The first-order chi connectivity index (χ1) is 11.4. The van der Waals surface area contributed by atoms with Crippen LogP contribution in [0.1, 0.15) is 45.2 Å². The minimum Gasteiger partial charge on any atom is -0.341 e. The number of hydrogen-bond donors (Lipinski definition) is 1. The topological polar surface area (TPSA) is 71.4 Å². The molecule has 1 aromatic heterocycles. The third kappa shape index (κ3) is 4.46. The van der Waals surface area contributed by atoms with E-state index < -0.39 is 0 Å². The van der Waals surface area contributed by atoms with Crippen molar-refractivity contribution >= 4 is 17.5 Å². The Kier molecular flexibility index (Phi) is 6.17. The van der Waals surface area contributed by atoms with Crippen LogP contribution in [0.5, 0.6) is 0 Å². The fourth-order valence-corrected chi connectivity index (χ4v) is 3.05. The van der Waals surface area contributed by atoms with Crippen molar-refractivity contribution in [1.82, 2.24) is 9.47 Å². The summed E-state index contributed by atoms with van der Waals surface area (Å²) in [4.78, 5) is 38.7. The Bertz CT molecular complexity index is 666. The molecular weight excluding hydrogens is 306 g/mol. The average molecular weight is 333 g/mol. The summed E-state index contributed by atoms with van der Waals surface area (Å²) in [6.07, 6.45) is 3.24. The molecule has 0 spiro atoms. The van der Waals surface area contributed by atoms with Crippen molar-refractivity contribution in [1.29, 1.82) is 0 Å². The third-order valence-corrected chi connectivity index (χ3v) is 4.45. The molecule has 1 atom stereocenters. The maximum Gasteiger partial charge on any atom is 0.274 e. The van der Waals surface area contributed by atoms with Gasteiger partial charge in [-0.3, -0.25) is 14.4 Å². The summed E-state index contributed by atoms with van der Waals surface area (Å²) >= 11 is 0. The van der Waals surface area contributed by atoms with Crippen LogP contribution in [-0.2, 0) is 16.1 Å². The van der Waals surface area contributed by atoms with Crippen molar-refractivity contribution in [2.24, 2.45) is 5.92 Å². The van der Waals surface area contributed by atoms with Crippen molar-refractivity contribution < 1.29 is 9.59 Å². The Balaban J connectivity index is 2.15. The predicted molar refractivity (Wildman–Crippen MR) is 94.0 cm³/mol. The fraction of sp³-hybridized carbons (Fsp3) is 0.611. The molecule has 0 radical (unpaired) electrons. The molecule has 0 saturated carbocycles. The zero-order chi connectivity index (χ0) is 17.7. The second-order valence-corrected chi connectivity index (χ2v) is 6.67. The number of carbonyl (C=O) groups excluding carboxylic acids is 2. The number of anilines is 1. The Hall–Kier alpha value is -2.11. The SMILES string of the molecule is CCCC(=O)Nc1ccc(C)n(CC(=O)N2CCC[C@@H](C)C2)c1=O. The van der Waals surface area contributed by atoms with Gasteiger partial charge in [0.15, 0.2) is 0 Å². The summed E-state index contributed by atoms with van der Waals surface area (Å²) in [6, 6.07) is 3.37. The Morgan fingerprint density at radius 1 is 1.33 bits per heavy atom. The van der Waals surface area contributed by atoms with Gasteiger partial charge < -0.3 is 14.8 Å². The minimum atomic E-state index is -0.321. The highest BCUT2D eigenvalue weighted by molar-refractivity contribution is 5.90. The summed E-state index contributed by atoms with van der Waals surface area (Å²) in [5, 5.41) is 2.64. The molecule has 132 valence electrons. The second kappa shape index (κ2) is 8.13. The highest BCUT2D eigenvalue weighted by atomic mass is 16.2. The first kappa shape index (κ1) is 18.2. The standard InChI is InChI=1S/C18H27N3O3/c1-4-6-16(22)19-15-9-8-14(3)21(18(15)24)12-17(23)20-10-5-7-13(2)11-20/h8-9,13H,4-7,10-12H2,1-3H3,(H,19,22)/t13-/m1/s1. The van der Waals surface area contributed by atoms with Crippen molar-refractivity contribution in [2.75, 3.05) is 18.4 Å². The van der Waals surface area contributed by atoms with Crippen molar-refractivity contribution in [3.05, 3.63) is 28.2 Å². The van der Waals surface area contributed by atoms with Crippen molar-refractivity contribution in [3.8, 4) is 0 Å². The normalized spacial score (nSPS) is 17.6. The van der Waals surface area contributed by atoms with E-state index >= 15 is 0 Å². The molecular formula is C18H27N3O3. The third-order valence-electron chi connectivity index (χ3n) is 4.45. The molecule has 1 aromatic rings. The number of piperidine rings is 1. The van der Waals surface area contributed by atoms with E-state index in [-0.39, 0.29) is 29.6 Å². The largest absolute Gasteiger partial charge is 0.341 e. The lowest BCUT2D eigenvalue weighted by molar-refractivity contribution is -0.133. The van der Waals surface area contributed by atoms with Gasteiger partial charge in [-0.2, -0.15) is 0 Å². The van der Waals surface area contributed by atoms with Crippen molar-refractivity contribution in [2.45, 2.75) is 53.0 Å². The van der Waals surface area contributed by atoms with Crippen LogP contribution in [-0.4, -0.2) is 34.4 Å². The van der Waals surface area contributed by atoms with Gasteiger partial charge in [0.25, 0.3) is 5.56 Å². The molecule has 1 aliphatic heterocycles. The smallest absolute Gasteiger partial charge is 0.274 e. The number of nitrogens with zero attached hydrogens (tertiary/aromatic N) is 2. The van der Waals surface area contributed by atoms with Crippen LogP contribution in [0, 0.1) is 12.8 Å². The van der Waals surface area contributed by atoms with E-state index in [4.69, 9.17) is 0 Å². The van der Waals surface area contributed by atoms with E-state index in [1.807, 2.05) is 11.8 Å². The highest BCUT2D eigenvalue weighted by Gasteiger charge is 2.22. The number of hydrogen-bond acceptors (Lipinski definition) is 3. The number of nitrogens with one attached hydrogen (secondary N) is 1. The number of rotatable bonds is 5. The molecule has 2 rings (SSSR count). The van der Waals surface area contributed by atoms with Gasteiger partial charge >= 0.3 is 0 Å². The van der Waals surface area contributed by atoms with Gasteiger partial charge in [0.05, 0.1) is 0 Å². The molecule has 0 bridgehead atoms. The molecule has 0 aromatic carbocycles. The van der Waals surface area contributed by atoms with Gasteiger partial charge in [-0.25, -0.2) is 0 Å². The monoisotopic (exact) mass is 333 g/mol. The van der Waals surface area contributed by atoms with E-state index in [2.05, 4.69) is 12.2 Å². The quantitative estimate of drug-likeness (QED) is 0.897. The van der Waals surface area contributed by atoms with Crippen LogP contribution in [0.25, 0.3) is 0 Å². The first-order valence-electron chi connectivity index (χ1n) is 8.70. The van der Waals surface area contributed by atoms with Crippen LogP contribution < -0.4 is 10.9 Å². The maximum atomic E-state index is 12.6. The summed E-state index contributed by atoms with van der Waals surface area (Å²) < 4.78 is 1.45. The molecule has 6 nitrogen and oxygen atoms in total. The Morgan fingerprint density at radius 2 is 2.08 bits per heavy atom. The molecule has 0 aliphatic carbocycles. The summed E-state index contributed by atoms with van der Waals surface area (Å²) in [5.74, 6) is 0.283.